The van der Waals surface area contributed by atoms with Crippen LogP contribution in [-0.2, 0) is 14.8 Å². The zero-order valence-corrected chi connectivity index (χ0v) is 16.4. The molecule has 1 fully saturated rings. The van der Waals surface area contributed by atoms with Crippen LogP contribution < -0.4 is 4.72 Å². The third-order valence-corrected chi connectivity index (χ3v) is 6.18. The van der Waals surface area contributed by atoms with Crippen LogP contribution in [0.1, 0.15) is 11.6 Å². The summed E-state index contributed by atoms with van der Waals surface area (Å²) < 4.78 is 33.4. The molecule has 26 heavy (non-hydrogen) atoms. The Morgan fingerprint density at radius 3 is 2.35 bits per heavy atom. The molecule has 1 saturated heterocycles. The Hall–Kier alpha value is -1.15. The SMILES string of the molecule is O=S(=O)(NCC(c1cccc(Cl)c1)N1CCOCC1)c1cccc(Cl)c1. The zero-order valence-electron chi connectivity index (χ0n) is 14.1. The fraction of sp³-hybridized carbons (Fsp3) is 0.333. The van der Waals surface area contributed by atoms with Crippen molar-refractivity contribution in [2.75, 3.05) is 32.8 Å². The molecule has 1 heterocycles. The topological polar surface area (TPSA) is 58.6 Å². The van der Waals surface area contributed by atoms with E-state index in [-0.39, 0.29) is 17.5 Å². The van der Waals surface area contributed by atoms with Crippen molar-refractivity contribution in [2.45, 2.75) is 10.9 Å². The average Bonchev–Trinajstić information content (AvgIpc) is 2.63. The molecule has 0 amide bonds. The van der Waals surface area contributed by atoms with Gasteiger partial charge in [0, 0.05) is 35.7 Å². The Labute approximate surface area is 163 Å². The van der Waals surface area contributed by atoms with Gasteiger partial charge in [-0.25, -0.2) is 13.1 Å². The fourth-order valence-electron chi connectivity index (χ4n) is 2.97. The van der Waals surface area contributed by atoms with Crippen LogP contribution in [0.2, 0.25) is 10.0 Å². The Balaban J connectivity index is 1.81. The highest BCUT2D eigenvalue weighted by atomic mass is 35.5. The van der Waals surface area contributed by atoms with Crippen LogP contribution >= 0.6 is 23.2 Å². The van der Waals surface area contributed by atoms with E-state index in [1.807, 2.05) is 18.2 Å². The van der Waals surface area contributed by atoms with Gasteiger partial charge in [0.25, 0.3) is 0 Å². The van der Waals surface area contributed by atoms with Gasteiger partial charge in [0.15, 0.2) is 0 Å². The van der Waals surface area contributed by atoms with Crippen molar-refractivity contribution in [1.82, 2.24) is 9.62 Å². The van der Waals surface area contributed by atoms with Gasteiger partial charge in [-0.2, -0.15) is 0 Å². The summed E-state index contributed by atoms with van der Waals surface area (Å²) in [6, 6.07) is 13.6. The third kappa shape index (κ3) is 4.97. The summed E-state index contributed by atoms with van der Waals surface area (Å²) in [6.45, 7) is 2.94. The molecule has 3 rings (SSSR count). The van der Waals surface area contributed by atoms with Crippen LogP contribution in [0.4, 0.5) is 0 Å². The molecule has 1 N–H and O–H groups in total. The maximum atomic E-state index is 12.6. The molecule has 0 bridgehead atoms. The van der Waals surface area contributed by atoms with Crippen LogP contribution in [0, 0.1) is 0 Å². The van der Waals surface area contributed by atoms with Gasteiger partial charge in [-0.15, -0.1) is 0 Å². The molecular formula is C18H20Cl2N2O3S. The molecule has 0 radical (unpaired) electrons. The second kappa shape index (κ2) is 8.69. The smallest absolute Gasteiger partial charge is 0.240 e. The molecule has 8 heteroatoms. The molecule has 2 aromatic rings. The third-order valence-electron chi connectivity index (χ3n) is 4.29. The van der Waals surface area contributed by atoms with Crippen LogP contribution in [0.15, 0.2) is 53.4 Å². The number of hydrogen-bond donors (Lipinski definition) is 1. The van der Waals surface area contributed by atoms with Gasteiger partial charge in [-0.1, -0.05) is 41.4 Å². The summed E-state index contributed by atoms with van der Waals surface area (Å²) in [5.74, 6) is 0. The number of benzene rings is 2. The number of halogens is 2. The number of sulfonamides is 1. The number of nitrogens with zero attached hydrogens (tertiary/aromatic N) is 1. The first-order valence-electron chi connectivity index (χ1n) is 8.28. The Kier molecular flexibility index (Phi) is 6.55. The molecule has 0 saturated carbocycles. The highest BCUT2D eigenvalue weighted by molar-refractivity contribution is 7.89. The molecule has 2 aromatic carbocycles. The molecule has 0 aromatic heterocycles. The van der Waals surface area contributed by atoms with Crippen molar-refractivity contribution < 1.29 is 13.2 Å². The minimum atomic E-state index is -3.66. The second-order valence-corrected chi connectivity index (χ2v) is 8.67. The maximum Gasteiger partial charge on any atom is 0.240 e. The predicted octanol–water partition coefficient (Wildman–Crippen LogP) is 3.35. The first-order chi connectivity index (χ1) is 12.5. The number of rotatable bonds is 6. The highest BCUT2D eigenvalue weighted by Crippen LogP contribution is 2.25. The van der Waals surface area contributed by atoms with Gasteiger partial charge in [0.05, 0.1) is 18.1 Å². The van der Waals surface area contributed by atoms with Crippen molar-refractivity contribution in [1.29, 1.82) is 0 Å². The van der Waals surface area contributed by atoms with Crippen molar-refractivity contribution in [3.8, 4) is 0 Å². The Morgan fingerprint density at radius 1 is 1.04 bits per heavy atom. The van der Waals surface area contributed by atoms with E-state index in [9.17, 15) is 8.42 Å². The summed E-state index contributed by atoms with van der Waals surface area (Å²) in [5, 5.41) is 1.01. The molecular weight excluding hydrogens is 395 g/mol. The predicted molar refractivity (Wildman–Crippen MR) is 103 cm³/mol. The van der Waals surface area contributed by atoms with Crippen LogP contribution in [0.5, 0.6) is 0 Å². The second-order valence-electron chi connectivity index (χ2n) is 6.03. The van der Waals surface area contributed by atoms with Gasteiger partial charge in [-0.05, 0) is 35.9 Å². The van der Waals surface area contributed by atoms with E-state index in [0.29, 0.717) is 23.3 Å². The molecule has 1 aliphatic heterocycles. The molecule has 0 aliphatic carbocycles. The van der Waals surface area contributed by atoms with E-state index in [1.165, 1.54) is 12.1 Å². The quantitative estimate of drug-likeness (QED) is 0.786. The van der Waals surface area contributed by atoms with E-state index < -0.39 is 10.0 Å². The molecule has 1 unspecified atom stereocenters. The van der Waals surface area contributed by atoms with Gasteiger partial charge in [-0.3, -0.25) is 4.90 Å². The van der Waals surface area contributed by atoms with Crippen molar-refractivity contribution in [3.05, 3.63) is 64.1 Å². The lowest BCUT2D eigenvalue weighted by atomic mass is 10.1. The number of morpholine rings is 1. The van der Waals surface area contributed by atoms with Crippen LogP contribution in [-0.4, -0.2) is 46.2 Å². The maximum absolute atomic E-state index is 12.6. The molecule has 1 aliphatic rings. The molecule has 140 valence electrons. The first-order valence-corrected chi connectivity index (χ1v) is 10.5. The lowest BCUT2D eigenvalue weighted by molar-refractivity contribution is 0.0172. The Bertz CT molecular complexity index is 855. The van der Waals surface area contributed by atoms with Crippen molar-refractivity contribution >= 4 is 33.2 Å². The van der Waals surface area contributed by atoms with E-state index >= 15 is 0 Å². The van der Waals surface area contributed by atoms with E-state index in [0.717, 1.165) is 18.7 Å². The molecule has 0 spiro atoms. The van der Waals surface area contributed by atoms with E-state index in [2.05, 4.69) is 9.62 Å². The minimum Gasteiger partial charge on any atom is -0.379 e. The van der Waals surface area contributed by atoms with Crippen molar-refractivity contribution in [2.24, 2.45) is 0 Å². The number of hydrogen-bond acceptors (Lipinski definition) is 4. The van der Waals surface area contributed by atoms with E-state index in [4.69, 9.17) is 27.9 Å². The molecule has 5 nitrogen and oxygen atoms in total. The average molecular weight is 415 g/mol. The fourth-order valence-corrected chi connectivity index (χ4v) is 4.50. The largest absolute Gasteiger partial charge is 0.379 e. The van der Waals surface area contributed by atoms with Crippen LogP contribution in [0.25, 0.3) is 0 Å². The van der Waals surface area contributed by atoms with E-state index in [1.54, 1.807) is 18.2 Å². The summed E-state index contributed by atoms with van der Waals surface area (Å²) in [7, 11) is -3.66. The number of nitrogens with one attached hydrogen (secondary N) is 1. The number of ether oxygens (including phenoxy) is 1. The Morgan fingerprint density at radius 2 is 1.69 bits per heavy atom. The first kappa shape index (κ1) is 19.6. The van der Waals surface area contributed by atoms with Gasteiger partial charge in [0.2, 0.25) is 10.0 Å². The van der Waals surface area contributed by atoms with Crippen molar-refractivity contribution in [3.63, 3.8) is 0 Å². The monoisotopic (exact) mass is 414 g/mol. The lowest BCUT2D eigenvalue weighted by Gasteiger charge is -2.35. The highest BCUT2D eigenvalue weighted by Gasteiger charge is 2.25. The lowest BCUT2D eigenvalue weighted by Crippen LogP contribution is -2.43. The summed E-state index contributed by atoms with van der Waals surface area (Å²) in [6.07, 6.45) is 0. The van der Waals surface area contributed by atoms with Gasteiger partial charge < -0.3 is 4.74 Å². The molecule has 1 atom stereocenters. The summed E-state index contributed by atoms with van der Waals surface area (Å²) >= 11 is 12.1. The zero-order chi connectivity index (χ0) is 18.6. The standard InChI is InChI=1S/C18H20Cl2N2O3S/c19-15-4-1-3-14(11-15)18(22-7-9-25-10-8-22)13-21-26(23,24)17-6-2-5-16(20)12-17/h1-6,11-12,18,21H,7-10,13H2. The summed E-state index contributed by atoms with van der Waals surface area (Å²) in [5.41, 5.74) is 0.966. The van der Waals surface area contributed by atoms with Gasteiger partial charge in [0.1, 0.15) is 0 Å². The van der Waals surface area contributed by atoms with Gasteiger partial charge >= 0.3 is 0 Å². The summed E-state index contributed by atoms with van der Waals surface area (Å²) in [4.78, 5) is 2.35. The van der Waals surface area contributed by atoms with Crippen LogP contribution in [0.3, 0.4) is 0 Å². The minimum absolute atomic E-state index is 0.133. The normalized spacial score (nSPS) is 17.2.